The average molecular weight is 337 g/mol. The molecule has 0 aliphatic carbocycles. The zero-order chi connectivity index (χ0) is 15.6. The van der Waals surface area contributed by atoms with Crippen LogP contribution in [0.5, 0.6) is 0 Å². The van der Waals surface area contributed by atoms with Crippen LogP contribution < -0.4 is 10.6 Å². The molecule has 2 aromatic rings. The molecule has 6 nitrogen and oxygen atoms in total. The smallest absolute Gasteiger partial charge is 0.325 e. The van der Waals surface area contributed by atoms with Crippen LogP contribution in [0.2, 0.25) is 0 Å². The molecule has 3 N–H and O–H groups in total. The van der Waals surface area contributed by atoms with Crippen molar-refractivity contribution in [3.8, 4) is 0 Å². The van der Waals surface area contributed by atoms with Gasteiger partial charge in [0.05, 0.1) is 6.54 Å². The van der Waals surface area contributed by atoms with Gasteiger partial charge < -0.3 is 15.7 Å². The van der Waals surface area contributed by atoms with Crippen LogP contribution in [-0.2, 0) is 5.60 Å². The maximum absolute atomic E-state index is 12.1. The van der Waals surface area contributed by atoms with Gasteiger partial charge >= 0.3 is 12.1 Å². The predicted molar refractivity (Wildman–Crippen MR) is 85.1 cm³/mol. The number of carbonyl (C=O) groups excluding carboxylic acids is 2. The Bertz CT molecular complexity index is 621. The maximum Gasteiger partial charge on any atom is 0.325 e. The van der Waals surface area contributed by atoms with E-state index in [1.807, 2.05) is 34.3 Å². The number of hydrogen-bond acceptors (Lipinski definition) is 5. The molecule has 2 aromatic heterocycles. The van der Waals surface area contributed by atoms with Crippen LogP contribution in [0, 0.1) is 0 Å². The lowest BCUT2D eigenvalue weighted by Gasteiger charge is -2.27. The number of rotatable bonds is 4. The average Bonchev–Trinajstić information content (AvgIpc) is 3.24. The van der Waals surface area contributed by atoms with Crippen molar-refractivity contribution in [2.24, 2.45) is 0 Å². The van der Waals surface area contributed by atoms with Crippen molar-refractivity contribution in [2.75, 3.05) is 19.6 Å². The molecule has 22 heavy (non-hydrogen) atoms. The summed E-state index contributed by atoms with van der Waals surface area (Å²) < 4.78 is 0. The molecular formula is C14H15N3O3S2. The molecule has 3 heterocycles. The Morgan fingerprint density at radius 2 is 2.32 bits per heavy atom. The number of amides is 4. The van der Waals surface area contributed by atoms with Crippen LogP contribution in [0.4, 0.5) is 9.59 Å². The summed E-state index contributed by atoms with van der Waals surface area (Å²) in [5.41, 5.74) is -0.564. The van der Waals surface area contributed by atoms with Gasteiger partial charge in [-0.1, -0.05) is 6.07 Å². The van der Waals surface area contributed by atoms with E-state index < -0.39 is 17.7 Å². The summed E-state index contributed by atoms with van der Waals surface area (Å²) in [4.78, 5) is 25.4. The first-order valence-electron chi connectivity index (χ1n) is 6.73. The molecule has 116 valence electrons. The minimum Gasteiger partial charge on any atom is -0.378 e. The second kappa shape index (κ2) is 6.07. The first-order chi connectivity index (χ1) is 10.6. The van der Waals surface area contributed by atoms with Gasteiger partial charge in [-0.05, 0) is 28.3 Å². The van der Waals surface area contributed by atoms with Crippen LogP contribution in [0.25, 0.3) is 0 Å². The fraction of sp³-hybridized carbons (Fsp3) is 0.286. The van der Waals surface area contributed by atoms with Gasteiger partial charge in [-0.3, -0.25) is 0 Å². The normalized spacial score (nSPS) is 17.1. The van der Waals surface area contributed by atoms with Gasteiger partial charge in [-0.25, -0.2) is 14.5 Å². The van der Waals surface area contributed by atoms with Crippen LogP contribution >= 0.6 is 22.7 Å². The van der Waals surface area contributed by atoms with Crippen LogP contribution in [0.1, 0.15) is 10.4 Å². The number of urea groups is 2. The van der Waals surface area contributed by atoms with Crippen molar-refractivity contribution in [3.05, 3.63) is 44.8 Å². The standard InChI is InChI=1S/C14H15N3O3S2/c18-12-15-4-5-17(12)13(19)16-9-14(20,10-3-7-21-8-10)11-2-1-6-22-11/h1-3,6-8,20H,4-5,9H2,(H,15,18)(H,16,19). The Kier molecular flexibility index (Phi) is 4.14. The molecule has 4 amide bonds. The van der Waals surface area contributed by atoms with E-state index in [0.717, 1.165) is 15.3 Å². The number of imide groups is 1. The summed E-state index contributed by atoms with van der Waals surface area (Å²) in [6.07, 6.45) is 0. The Morgan fingerprint density at radius 1 is 1.45 bits per heavy atom. The molecule has 1 fully saturated rings. The number of hydrogen-bond donors (Lipinski definition) is 3. The monoisotopic (exact) mass is 337 g/mol. The van der Waals surface area contributed by atoms with Crippen molar-refractivity contribution >= 4 is 34.7 Å². The van der Waals surface area contributed by atoms with E-state index in [0.29, 0.717) is 13.1 Å². The number of nitrogens with zero attached hydrogens (tertiary/aromatic N) is 1. The fourth-order valence-corrected chi connectivity index (χ4v) is 3.88. The topological polar surface area (TPSA) is 81.7 Å². The molecule has 0 radical (unpaired) electrons. The molecule has 0 bridgehead atoms. The maximum atomic E-state index is 12.1. The minimum atomic E-state index is -1.29. The van der Waals surface area contributed by atoms with Gasteiger partial charge in [0.25, 0.3) is 0 Å². The first-order valence-corrected chi connectivity index (χ1v) is 8.56. The highest BCUT2D eigenvalue weighted by Crippen LogP contribution is 2.33. The van der Waals surface area contributed by atoms with E-state index in [4.69, 9.17) is 0 Å². The van der Waals surface area contributed by atoms with Gasteiger partial charge in [0.1, 0.15) is 5.60 Å². The van der Waals surface area contributed by atoms with E-state index >= 15 is 0 Å². The van der Waals surface area contributed by atoms with E-state index in [9.17, 15) is 14.7 Å². The van der Waals surface area contributed by atoms with Crippen molar-refractivity contribution in [3.63, 3.8) is 0 Å². The summed E-state index contributed by atoms with van der Waals surface area (Å²) >= 11 is 2.90. The Labute approximate surface area is 135 Å². The number of nitrogens with one attached hydrogen (secondary N) is 2. The van der Waals surface area contributed by atoms with Crippen molar-refractivity contribution in [1.82, 2.24) is 15.5 Å². The second-order valence-corrected chi connectivity index (χ2v) is 6.62. The number of thiophene rings is 2. The first kappa shape index (κ1) is 15.0. The molecule has 0 saturated carbocycles. The van der Waals surface area contributed by atoms with Crippen LogP contribution in [-0.4, -0.2) is 41.7 Å². The third kappa shape index (κ3) is 2.72. The summed E-state index contributed by atoms with van der Waals surface area (Å²) in [6, 6.07) is 4.61. The molecule has 1 aliphatic heterocycles. The van der Waals surface area contributed by atoms with Gasteiger partial charge in [0.2, 0.25) is 0 Å². The quantitative estimate of drug-likeness (QED) is 0.795. The van der Waals surface area contributed by atoms with Gasteiger partial charge in [-0.15, -0.1) is 11.3 Å². The lowest BCUT2D eigenvalue weighted by Crippen LogP contribution is -2.47. The van der Waals surface area contributed by atoms with Crippen molar-refractivity contribution in [1.29, 1.82) is 0 Å². The van der Waals surface area contributed by atoms with Crippen molar-refractivity contribution < 1.29 is 14.7 Å². The highest BCUT2D eigenvalue weighted by Gasteiger charge is 2.35. The molecule has 8 heteroatoms. The molecule has 3 rings (SSSR count). The van der Waals surface area contributed by atoms with Crippen LogP contribution in [0.3, 0.4) is 0 Å². The summed E-state index contributed by atoms with van der Waals surface area (Å²) in [7, 11) is 0. The molecule has 1 unspecified atom stereocenters. The number of aliphatic hydroxyl groups is 1. The highest BCUT2D eigenvalue weighted by molar-refractivity contribution is 7.10. The third-order valence-corrected chi connectivity index (χ3v) is 5.23. The van der Waals surface area contributed by atoms with E-state index in [2.05, 4.69) is 10.6 Å². The van der Waals surface area contributed by atoms with Gasteiger partial charge in [-0.2, -0.15) is 11.3 Å². The fourth-order valence-electron chi connectivity index (χ4n) is 2.31. The SMILES string of the molecule is O=C1NCCN1C(=O)NCC(O)(c1ccsc1)c1cccs1. The molecule has 1 atom stereocenters. The van der Waals surface area contributed by atoms with Gasteiger partial charge in [0, 0.05) is 23.5 Å². The van der Waals surface area contributed by atoms with Gasteiger partial charge in [0.15, 0.2) is 0 Å². The van der Waals surface area contributed by atoms with E-state index in [1.165, 1.54) is 22.7 Å². The van der Waals surface area contributed by atoms with Crippen LogP contribution in [0.15, 0.2) is 34.3 Å². The highest BCUT2D eigenvalue weighted by atomic mass is 32.1. The second-order valence-electron chi connectivity index (χ2n) is 4.89. The summed E-state index contributed by atoms with van der Waals surface area (Å²) in [5, 5.41) is 21.9. The largest absolute Gasteiger partial charge is 0.378 e. The lowest BCUT2D eigenvalue weighted by molar-refractivity contribution is 0.0848. The molecule has 0 spiro atoms. The number of carbonyl (C=O) groups is 2. The third-order valence-electron chi connectivity index (χ3n) is 3.52. The summed E-state index contributed by atoms with van der Waals surface area (Å²) in [5.74, 6) is 0. The minimum absolute atomic E-state index is 0.00681. The van der Waals surface area contributed by atoms with Crippen molar-refractivity contribution in [2.45, 2.75) is 5.60 Å². The molecule has 1 aliphatic rings. The Hall–Kier alpha value is -1.90. The van der Waals surface area contributed by atoms with E-state index in [-0.39, 0.29) is 6.54 Å². The zero-order valence-electron chi connectivity index (χ0n) is 11.6. The van der Waals surface area contributed by atoms with E-state index in [1.54, 1.807) is 0 Å². The molecule has 0 aromatic carbocycles. The summed E-state index contributed by atoms with van der Waals surface area (Å²) in [6.45, 7) is 0.791. The molecular weight excluding hydrogens is 322 g/mol. The molecule has 1 saturated heterocycles. The lowest BCUT2D eigenvalue weighted by atomic mass is 9.94. The zero-order valence-corrected chi connectivity index (χ0v) is 13.2. The predicted octanol–water partition coefficient (Wildman–Crippen LogP) is 1.78. The Morgan fingerprint density at radius 3 is 2.91 bits per heavy atom. The Balaban J connectivity index is 1.77.